The van der Waals surface area contributed by atoms with E-state index in [-0.39, 0.29) is 5.04 Å². The maximum absolute atomic E-state index is 6.72. The van der Waals surface area contributed by atoms with Gasteiger partial charge in [-0.25, -0.2) is 0 Å². The first kappa shape index (κ1) is 20.0. The minimum atomic E-state index is -1.85. The molecule has 0 unspecified atom stereocenters. The summed E-state index contributed by atoms with van der Waals surface area (Å²) in [6.45, 7) is 12.1. The molecule has 25 heavy (non-hydrogen) atoms. The molecular formula is C22H34O2Si. The highest BCUT2D eigenvalue weighted by Crippen LogP contribution is 2.40. The Kier molecular flexibility index (Phi) is 6.70. The van der Waals surface area contributed by atoms with Gasteiger partial charge in [-0.15, -0.1) is 0 Å². The molecule has 1 aromatic carbocycles. The SMILES string of the molecule is COCC1=C(\O[Si](C)(C)C(C)(C)C)CCCC/C(c2ccccc2)=C\1. The molecule has 0 radical (unpaired) electrons. The van der Waals surface area contributed by atoms with Crippen molar-refractivity contribution in [3.63, 3.8) is 0 Å². The van der Waals surface area contributed by atoms with Crippen molar-refractivity contribution in [2.24, 2.45) is 0 Å². The topological polar surface area (TPSA) is 18.5 Å². The van der Waals surface area contributed by atoms with Gasteiger partial charge in [-0.2, -0.15) is 0 Å². The smallest absolute Gasteiger partial charge is 0.250 e. The summed E-state index contributed by atoms with van der Waals surface area (Å²) < 4.78 is 12.2. The average molecular weight is 359 g/mol. The van der Waals surface area contributed by atoms with Crippen LogP contribution in [0.4, 0.5) is 0 Å². The van der Waals surface area contributed by atoms with Gasteiger partial charge in [0.2, 0.25) is 8.32 Å². The van der Waals surface area contributed by atoms with E-state index in [0.717, 1.165) is 18.6 Å². The Morgan fingerprint density at radius 2 is 1.64 bits per heavy atom. The van der Waals surface area contributed by atoms with Gasteiger partial charge in [0.1, 0.15) is 0 Å². The summed E-state index contributed by atoms with van der Waals surface area (Å²) in [5.41, 5.74) is 3.92. The standard InChI is InChI=1S/C22H34O2Si/c1-22(2,3)25(5,6)24-21-15-11-10-14-19(16-20(21)17-23-4)18-12-8-7-9-13-18/h7-9,12-13,16H,10-11,14-15,17H2,1-6H3/b19-16+,21-20-. The van der Waals surface area contributed by atoms with Crippen LogP contribution in [0, 0.1) is 0 Å². The second-order valence-corrected chi connectivity index (χ2v) is 13.2. The molecule has 2 nitrogen and oxygen atoms in total. The summed E-state index contributed by atoms with van der Waals surface area (Å²) >= 11 is 0. The first-order chi connectivity index (χ1) is 11.7. The molecule has 0 aliphatic heterocycles. The molecule has 2 rings (SSSR count). The number of rotatable bonds is 5. The Labute approximate surface area is 155 Å². The molecule has 0 aromatic heterocycles. The van der Waals surface area contributed by atoms with E-state index in [2.05, 4.69) is 70.3 Å². The van der Waals surface area contributed by atoms with E-state index in [0.29, 0.717) is 6.61 Å². The zero-order valence-electron chi connectivity index (χ0n) is 16.8. The molecule has 0 heterocycles. The molecule has 138 valence electrons. The molecule has 1 aliphatic rings. The van der Waals surface area contributed by atoms with Gasteiger partial charge < -0.3 is 9.16 Å². The minimum Gasteiger partial charge on any atom is -0.546 e. The number of hydrogen-bond donors (Lipinski definition) is 0. The summed E-state index contributed by atoms with van der Waals surface area (Å²) in [6, 6.07) is 10.7. The fourth-order valence-corrected chi connectivity index (χ4v) is 4.02. The molecule has 0 bridgehead atoms. The van der Waals surface area contributed by atoms with E-state index in [1.807, 2.05) is 0 Å². The van der Waals surface area contributed by atoms with Crippen molar-refractivity contribution in [1.29, 1.82) is 0 Å². The van der Waals surface area contributed by atoms with Gasteiger partial charge in [-0.1, -0.05) is 51.1 Å². The maximum atomic E-state index is 6.72. The molecule has 0 fully saturated rings. The first-order valence-corrected chi connectivity index (χ1v) is 12.3. The highest BCUT2D eigenvalue weighted by atomic mass is 28.4. The highest BCUT2D eigenvalue weighted by Gasteiger charge is 2.39. The van der Waals surface area contributed by atoms with Crippen molar-refractivity contribution in [1.82, 2.24) is 0 Å². The largest absolute Gasteiger partial charge is 0.546 e. The summed E-state index contributed by atoms with van der Waals surface area (Å²) in [5, 5.41) is 0.201. The molecular weight excluding hydrogens is 324 g/mol. The average Bonchev–Trinajstić information content (AvgIpc) is 2.53. The summed E-state index contributed by atoms with van der Waals surface area (Å²) in [7, 11) is -0.0763. The van der Waals surface area contributed by atoms with Crippen LogP contribution in [0.3, 0.4) is 0 Å². The van der Waals surface area contributed by atoms with Gasteiger partial charge >= 0.3 is 0 Å². The van der Waals surface area contributed by atoms with Gasteiger partial charge in [0, 0.05) is 19.1 Å². The zero-order valence-corrected chi connectivity index (χ0v) is 17.8. The van der Waals surface area contributed by atoms with Crippen molar-refractivity contribution in [2.45, 2.75) is 64.6 Å². The van der Waals surface area contributed by atoms with Crippen LogP contribution in [0.15, 0.2) is 47.7 Å². The van der Waals surface area contributed by atoms with Crippen LogP contribution in [0.25, 0.3) is 5.57 Å². The maximum Gasteiger partial charge on any atom is 0.250 e. The third kappa shape index (κ3) is 5.32. The van der Waals surface area contributed by atoms with Crippen molar-refractivity contribution in [3.8, 4) is 0 Å². The quantitative estimate of drug-likeness (QED) is 0.554. The van der Waals surface area contributed by atoms with E-state index in [1.165, 1.54) is 29.6 Å². The molecule has 0 saturated heterocycles. The van der Waals surface area contributed by atoms with E-state index in [4.69, 9.17) is 9.16 Å². The van der Waals surface area contributed by atoms with Crippen LogP contribution in [0.1, 0.15) is 52.0 Å². The van der Waals surface area contributed by atoms with Crippen LogP contribution in [0.2, 0.25) is 18.1 Å². The Morgan fingerprint density at radius 1 is 1.00 bits per heavy atom. The van der Waals surface area contributed by atoms with Crippen LogP contribution in [-0.2, 0) is 9.16 Å². The lowest BCUT2D eigenvalue weighted by Crippen LogP contribution is -2.40. The van der Waals surface area contributed by atoms with Gasteiger partial charge in [-0.3, -0.25) is 0 Å². The van der Waals surface area contributed by atoms with Gasteiger partial charge in [0.05, 0.1) is 12.4 Å². The van der Waals surface area contributed by atoms with Crippen LogP contribution < -0.4 is 0 Å². The highest BCUT2D eigenvalue weighted by molar-refractivity contribution is 6.74. The van der Waals surface area contributed by atoms with Crippen molar-refractivity contribution >= 4 is 13.9 Å². The lowest BCUT2D eigenvalue weighted by atomic mass is 9.94. The van der Waals surface area contributed by atoms with E-state index < -0.39 is 8.32 Å². The Bertz CT molecular complexity index is 621. The van der Waals surface area contributed by atoms with Crippen molar-refractivity contribution < 1.29 is 9.16 Å². The Hall–Kier alpha value is -1.32. The fourth-order valence-electron chi connectivity index (χ4n) is 2.86. The molecule has 3 heteroatoms. The van der Waals surface area contributed by atoms with Gasteiger partial charge in [-0.05, 0) is 54.6 Å². The number of hydrogen-bond acceptors (Lipinski definition) is 2. The third-order valence-electron chi connectivity index (χ3n) is 5.44. The van der Waals surface area contributed by atoms with Crippen LogP contribution in [0.5, 0.6) is 0 Å². The molecule has 1 aromatic rings. The molecule has 0 atom stereocenters. The van der Waals surface area contributed by atoms with Crippen LogP contribution >= 0.6 is 0 Å². The van der Waals surface area contributed by atoms with Gasteiger partial charge in [0.15, 0.2) is 0 Å². The molecule has 1 aliphatic carbocycles. The summed E-state index contributed by atoms with van der Waals surface area (Å²) in [5.74, 6) is 1.15. The normalized spacial score (nSPS) is 21.9. The number of ether oxygens (including phenoxy) is 1. The minimum absolute atomic E-state index is 0.201. The number of methoxy groups -OCH3 is 1. The first-order valence-electron chi connectivity index (χ1n) is 9.40. The predicted octanol–water partition coefficient (Wildman–Crippen LogP) is 6.57. The second-order valence-electron chi connectivity index (χ2n) is 8.49. The predicted molar refractivity (Wildman–Crippen MR) is 110 cm³/mol. The lowest BCUT2D eigenvalue weighted by molar-refractivity contribution is 0.221. The summed E-state index contributed by atoms with van der Waals surface area (Å²) in [4.78, 5) is 0. The summed E-state index contributed by atoms with van der Waals surface area (Å²) in [6.07, 6.45) is 6.82. The van der Waals surface area contributed by atoms with Crippen LogP contribution in [-0.4, -0.2) is 22.0 Å². The Balaban J connectivity index is 2.43. The zero-order chi connectivity index (χ0) is 18.5. The van der Waals surface area contributed by atoms with E-state index in [9.17, 15) is 0 Å². The molecule has 0 spiro atoms. The fraction of sp³-hybridized carbons (Fsp3) is 0.545. The third-order valence-corrected chi connectivity index (χ3v) is 9.80. The monoisotopic (exact) mass is 358 g/mol. The van der Waals surface area contributed by atoms with E-state index >= 15 is 0 Å². The van der Waals surface area contributed by atoms with Crippen molar-refractivity contribution in [3.05, 3.63) is 53.3 Å². The molecule has 0 saturated carbocycles. The number of allylic oxidation sites excluding steroid dienone is 2. The lowest BCUT2D eigenvalue weighted by Gasteiger charge is -2.38. The van der Waals surface area contributed by atoms with E-state index in [1.54, 1.807) is 7.11 Å². The molecule has 0 amide bonds. The van der Waals surface area contributed by atoms with Crippen molar-refractivity contribution in [2.75, 3.05) is 13.7 Å². The second kappa shape index (κ2) is 8.37. The van der Waals surface area contributed by atoms with Gasteiger partial charge in [0.25, 0.3) is 0 Å². The Morgan fingerprint density at radius 3 is 2.24 bits per heavy atom. The number of benzene rings is 1. The molecule has 0 N–H and O–H groups in total.